The van der Waals surface area contributed by atoms with Gasteiger partial charge in [-0.1, -0.05) is 23.7 Å². The summed E-state index contributed by atoms with van der Waals surface area (Å²) in [5, 5.41) is 25.3. The molecule has 0 bridgehead atoms. The van der Waals surface area contributed by atoms with Crippen LogP contribution in [0.4, 0.5) is 17.3 Å². The molecule has 0 unspecified atom stereocenters. The minimum atomic E-state index is -0.490. The lowest BCUT2D eigenvalue weighted by Gasteiger charge is -2.12. The molecule has 9 nitrogen and oxygen atoms in total. The molecule has 10 heteroatoms. The van der Waals surface area contributed by atoms with Crippen LogP contribution in [0, 0.1) is 10.1 Å². The summed E-state index contributed by atoms with van der Waals surface area (Å²) in [6, 6.07) is 13.7. The molecule has 0 saturated heterocycles. The summed E-state index contributed by atoms with van der Waals surface area (Å²) in [7, 11) is 0. The first-order valence-electron chi connectivity index (χ1n) is 8.80. The minimum Gasteiger partial charge on any atom is -0.369 e. The van der Waals surface area contributed by atoms with Gasteiger partial charge in [-0.15, -0.1) is 0 Å². The number of hydrogen-bond acceptors (Lipinski definition) is 7. The summed E-state index contributed by atoms with van der Waals surface area (Å²) in [5.41, 5.74) is 1.19. The predicted molar refractivity (Wildman–Crippen MR) is 112 cm³/mol. The van der Waals surface area contributed by atoms with Gasteiger partial charge in [-0.3, -0.25) is 15.2 Å². The standard InChI is InChI=1S/C19H16ClN7O2/c20-15-11-12(27(28)29)5-6-13(15)19-24-16-4-2-1-3-14(16)18(25-19)22-10-9-21-17-7-8-23-26-17/h1-8,11H,9-10H2,(H2,21,23,26)(H,22,24,25). The fraction of sp³-hybridized carbons (Fsp3) is 0.105. The fourth-order valence-corrected chi connectivity index (χ4v) is 3.12. The lowest BCUT2D eigenvalue weighted by Crippen LogP contribution is -2.15. The van der Waals surface area contributed by atoms with E-state index >= 15 is 0 Å². The number of anilines is 2. The third-order valence-electron chi connectivity index (χ3n) is 4.24. The molecule has 2 aromatic carbocycles. The molecule has 0 fully saturated rings. The Balaban J connectivity index is 1.63. The Morgan fingerprint density at radius 3 is 2.66 bits per heavy atom. The Morgan fingerprint density at radius 2 is 1.90 bits per heavy atom. The third-order valence-corrected chi connectivity index (χ3v) is 4.55. The quantitative estimate of drug-likeness (QED) is 0.238. The highest BCUT2D eigenvalue weighted by molar-refractivity contribution is 6.33. The SMILES string of the molecule is O=[N+]([O-])c1ccc(-c2nc(NCCNc3ccn[nH]3)c3ccccc3n2)c(Cl)c1. The second kappa shape index (κ2) is 8.11. The van der Waals surface area contributed by atoms with E-state index in [9.17, 15) is 10.1 Å². The van der Waals surface area contributed by atoms with E-state index in [4.69, 9.17) is 11.6 Å². The maximum absolute atomic E-state index is 11.0. The van der Waals surface area contributed by atoms with Gasteiger partial charge in [0.15, 0.2) is 5.82 Å². The molecule has 29 heavy (non-hydrogen) atoms. The molecule has 0 amide bonds. The average molecular weight is 410 g/mol. The lowest BCUT2D eigenvalue weighted by atomic mass is 10.1. The van der Waals surface area contributed by atoms with Crippen LogP contribution in [0.5, 0.6) is 0 Å². The average Bonchev–Trinajstić information content (AvgIpc) is 3.24. The normalized spacial score (nSPS) is 10.8. The maximum atomic E-state index is 11.0. The number of nitro benzene ring substituents is 1. The van der Waals surface area contributed by atoms with E-state index in [0.717, 1.165) is 16.7 Å². The van der Waals surface area contributed by atoms with Gasteiger partial charge >= 0.3 is 0 Å². The van der Waals surface area contributed by atoms with E-state index in [1.807, 2.05) is 30.3 Å². The number of nitrogens with zero attached hydrogens (tertiary/aromatic N) is 4. The third kappa shape index (κ3) is 4.09. The first kappa shape index (κ1) is 18.6. The number of nitrogens with one attached hydrogen (secondary N) is 3. The number of H-pyrrole nitrogens is 1. The minimum absolute atomic E-state index is 0.0808. The van der Waals surface area contributed by atoms with Crippen LogP contribution in [0.2, 0.25) is 5.02 Å². The number of fused-ring (bicyclic) bond motifs is 1. The highest BCUT2D eigenvalue weighted by atomic mass is 35.5. The Bertz CT molecular complexity index is 1160. The van der Waals surface area contributed by atoms with Crippen molar-refractivity contribution in [2.45, 2.75) is 0 Å². The second-order valence-corrected chi connectivity index (χ2v) is 6.57. The second-order valence-electron chi connectivity index (χ2n) is 6.16. The highest BCUT2D eigenvalue weighted by Gasteiger charge is 2.15. The van der Waals surface area contributed by atoms with Crippen molar-refractivity contribution in [3.63, 3.8) is 0 Å². The van der Waals surface area contributed by atoms with Gasteiger partial charge in [-0.05, 0) is 24.3 Å². The number of aromatic nitrogens is 4. The molecule has 0 aliphatic rings. The van der Waals surface area contributed by atoms with Crippen molar-refractivity contribution >= 4 is 39.8 Å². The zero-order valence-electron chi connectivity index (χ0n) is 15.1. The molecule has 0 radical (unpaired) electrons. The maximum Gasteiger partial charge on any atom is 0.270 e. The Hall–Kier alpha value is -3.72. The van der Waals surface area contributed by atoms with Crippen molar-refractivity contribution in [1.29, 1.82) is 0 Å². The van der Waals surface area contributed by atoms with Gasteiger partial charge in [-0.2, -0.15) is 5.10 Å². The predicted octanol–water partition coefficient (Wildman–Crippen LogP) is 4.11. The molecule has 0 spiro atoms. The van der Waals surface area contributed by atoms with E-state index in [1.54, 1.807) is 12.3 Å². The van der Waals surface area contributed by atoms with Crippen molar-refractivity contribution in [3.8, 4) is 11.4 Å². The molecular formula is C19H16ClN7O2. The molecule has 146 valence electrons. The number of rotatable bonds is 7. The molecular weight excluding hydrogens is 394 g/mol. The van der Waals surface area contributed by atoms with Crippen LogP contribution in [0.1, 0.15) is 0 Å². The highest BCUT2D eigenvalue weighted by Crippen LogP contribution is 2.31. The molecule has 4 rings (SSSR count). The topological polar surface area (TPSA) is 122 Å². The van der Waals surface area contributed by atoms with Crippen molar-refractivity contribution in [2.24, 2.45) is 0 Å². The van der Waals surface area contributed by atoms with Crippen LogP contribution in [-0.2, 0) is 0 Å². The molecule has 0 atom stereocenters. The Labute approximate surface area is 170 Å². The van der Waals surface area contributed by atoms with Gasteiger partial charge in [0.1, 0.15) is 11.6 Å². The van der Waals surface area contributed by atoms with Gasteiger partial charge in [0.25, 0.3) is 5.69 Å². The molecule has 3 N–H and O–H groups in total. The number of non-ortho nitro benzene ring substituents is 1. The van der Waals surface area contributed by atoms with E-state index in [0.29, 0.717) is 30.3 Å². The molecule has 0 aliphatic carbocycles. The number of benzene rings is 2. The number of halogens is 1. The van der Waals surface area contributed by atoms with E-state index < -0.39 is 4.92 Å². The first-order valence-corrected chi connectivity index (χ1v) is 9.18. The monoisotopic (exact) mass is 409 g/mol. The van der Waals surface area contributed by atoms with Gasteiger partial charge in [0, 0.05) is 36.2 Å². The van der Waals surface area contributed by atoms with Crippen LogP contribution >= 0.6 is 11.6 Å². The number of hydrogen-bond donors (Lipinski definition) is 3. The number of nitro groups is 1. The molecule has 2 aromatic heterocycles. The van der Waals surface area contributed by atoms with Crippen molar-refractivity contribution < 1.29 is 4.92 Å². The lowest BCUT2D eigenvalue weighted by molar-refractivity contribution is -0.384. The van der Waals surface area contributed by atoms with Crippen LogP contribution in [0.25, 0.3) is 22.3 Å². The largest absolute Gasteiger partial charge is 0.369 e. The smallest absolute Gasteiger partial charge is 0.270 e. The van der Waals surface area contributed by atoms with Crippen molar-refractivity contribution in [2.75, 3.05) is 23.7 Å². The number of aromatic amines is 1. The van der Waals surface area contributed by atoms with Crippen LogP contribution in [0.3, 0.4) is 0 Å². The van der Waals surface area contributed by atoms with Crippen molar-refractivity contribution in [1.82, 2.24) is 20.2 Å². The molecule has 2 heterocycles. The summed E-state index contributed by atoms with van der Waals surface area (Å²) in [5.74, 6) is 1.89. The number of para-hydroxylation sites is 1. The summed E-state index contributed by atoms with van der Waals surface area (Å²) in [6.45, 7) is 1.25. The summed E-state index contributed by atoms with van der Waals surface area (Å²) >= 11 is 6.27. The van der Waals surface area contributed by atoms with Crippen LogP contribution in [0.15, 0.2) is 54.7 Å². The summed E-state index contributed by atoms with van der Waals surface area (Å²) < 4.78 is 0. The molecule has 0 aliphatic heterocycles. The molecule has 4 aromatic rings. The van der Waals surface area contributed by atoms with E-state index in [2.05, 4.69) is 30.8 Å². The van der Waals surface area contributed by atoms with E-state index in [1.165, 1.54) is 12.1 Å². The van der Waals surface area contributed by atoms with Crippen molar-refractivity contribution in [3.05, 3.63) is 69.9 Å². The fourth-order valence-electron chi connectivity index (χ4n) is 2.86. The summed E-state index contributed by atoms with van der Waals surface area (Å²) in [4.78, 5) is 19.7. The van der Waals surface area contributed by atoms with Gasteiger partial charge in [0.2, 0.25) is 0 Å². The van der Waals surface area contributed by atoms with Gasteiger partial charge in [0.05, 0.1) is 21.7 Å². The first-order chi connectivity index (χ1) is 14.1. The Kier molecular flexibility index (Phi) is 5.21. The summed E-state index contributed by atoms with van der Waals surface area (Å²) in [6.07, 6.45) is 1.67. The van der Waals surface area contributed by atoms with Gasteiger partial charge in [-0.25, -0.2) is 9.97 Å². The Morgan fingerprint density at radius 1 is 1.07 bits per heavy atom. The van der Waals surface area contributed by atoms with Crippen LogP contribution < -0.4 is 10.6 Å². The molecule has 0 saturated carbocycles. The zero-order valence-corrected chi connectivity index (χ0v) is 15.8. The van der Waals surface area contributed by atoms with E-state index in [-0.39, 0.29) is 10.7 Å². The zero-order chi connectivity index (χ0) is 20.2. The van der Waals surface area contributed by atoms with Gasteiger partial charge < -0.3 is 10.6 Å². The van der Waals surface area contributed by atoms with Crippen LogP contribution in [-0.4, -0.2) is 38.2 Å².